The van der Waals surface area contributed by atoms with Crippen LogP contribution in [0.15, 0.2) is 12.1 Å². The van der Waals surface area contributed by atoms with Crippen molar-refractivity contribution in [2.24, 2.45) is 0 Å². The third kappa shape index (κ3) is 1.80. The second-order valence-corrected chi connectivity index (χ2v) is 3.79. The Morgan fingerprint density at radius 2 is 1.58 bits per heavy atom. The number of hydrogen-bond donors (Lipinski definition) is 0. The molecule has 0 aliphatic rings. The smallest absolute Gasteiger partial charge is 0.194 e. The van der Waals surface area contributed by atoms with Gasteiger partial charge in [-0.25, -0.2) is 13.2 Å². The van der Waals surface area contributed by atoms with Crippen molar-refractivity contribution in [3.8, 4) is 0 Å². The summed E-state index contributed by atoms with van der Waals surface area (Å²) in [6.45, 7) is 1.70. The Kier molecular flexibility index (Phi) is 2.77. The summed E-state index contributed by atoms with van der Waals surface area (Å²) in [5.41, 5.74) is 0.381. The van der Waals surface area contributed by atoms with Crippen molar-refractivity contribution in [2.45, 2.75) is 11.8 Å². The fourth-order valence-corrected chi connectivity index (χ4v) is 1.07. The van der Waals surface area contributed by atoms with Gasteiger partial charge in [-0.1, -0.05) is 15.9 Å². The molecule has 66 valence electrons. The van der Waals surface area contributed by atoms with Gasteiger partial charge in [0.15, 0.2) is 17.5 Å². The SMILES string of the molecule is CC(Br)c1cc(F)c(F)c(F)c1. The summed E-state index contributed by atoms with van der Waals surface area (Å²) in [4.78, 5) is -0.193. The van der Waals surface area contributed by atoms with E-state index in [9.17, 15) is 13.2 Å². The molecule has 0 bridgehead atoms. The first-order chi connectivity index (χ1) is 5.52. The Morgan fingerprint density at radius 3 is 1.92 bits per heavy atom. The zero-order valence-corrected chi connectivity index (χ0v) is 7.83. The topological polar surface area (TPSA) is 0 Å². The molecule has 1 rings (SSSR count). The predicted octanol–water partition coefficient (Wildman–Crippen LogP) is 3.56. The fourth-order valence-electron chi connectivity index (χ4n) is 0.805. The van der Waals surface area contributed by atoms with Gasteiger partial charge in [-0.05, 0) is 24.6 Å². The van der Waals surface area contributed by atoms with Crippen LogP contribution in [0.5, 0.6) is 0 Å². The van der Waals surface area contributed by atoms with Gasteiger partial charge in [0.05, 0.1) is 0 Å². The first-order valence-electron chi connectivity index (χ1n) is 3.31. The molecule has 1 aromatic carbocycles. The molecule has 0 aromatic heterocycles. The minimum absolute atomic E-state index is 0.193. The summed E-state index contributed by atoms with van der Waals surface area (Å²) in [7, 11) is 0. The Bertz CT molecular complexity index is 273. The molecule has 0 saturated heterocycles. The van der Waals surface area contributed by atoms with Crippen molar-refractivity contribution in [1.82, 2.24) is 0 Å². The molecule has 12 heavy (non-hydrogen) atoms. The van der Waals surface area contributed by atoms with Crippen LogP contribution in [0.3, 0.4) is 0 Å². The Balaban J connectivity index is 3.21. The van der Waals surface area contributed by atoms with Crippen LogP contribution in [0, 0.1) is 17.5 Å². The summed E-state index contributed by atoms with van der Waals surface area (Å²) in [6, 6.07) is 1.94. The van der Waals surface area contributed by atoms with Crippen molar-refractivity contribution < 1.29 is 13.2 Å². The normalized spacial score (nSPS) is 13.1. The summed E-state index contributed by atoms with van der Waals surface area (Å²) < 4.78 is 37.5. The fraction of sp³-hybridized carbons (Fsp3) is 0.250. The molecule has 1 unspecified atom stereocenters. The van der Waals surface area contributed by atoms with Gasteiger partial charge in [0, 0.05) is 4.83 Å². The lowest BCUT2D eigenvalue weighted by Crippen LogP contribution is -1.94. The van der Waals surface area contributed by atoms with Crippen LogP contribution < -0.4 is 0 Å². The van der Waals surface area contributed by atoms with E-state index in [0.717, 1.165) is 12.1 Å². The Hall–Kier alpha value is -0.510. The van der Waals surface area contributed by atoms with E-state index in [1.54, 1.807) is 6.92 Å². The zero-order valence-electron chi connectivity index (χ0n) is 6.24. The average molecular weight is 239 g/mol. The Morgan fingerprint density at radius 1 is 1.17 bits per heavy atom. The van der Waals surface area contributed by atoms with Crippen molar-refractivity contribution in [1.29, 1.82) is 0 Å². The number of alkyl halides is 1. The maximum atomic E-state index is 12.6. The molecule has 0 saturated carbocycles. The molecule has 1 atom stereocenters. The number of rotatable bonds is 1. The van der Waals surface area contributed by atoms with Crippen molar-refractivity contribution in [2.75, 3.05) is 0 Å². The van der Waals surface area contributed by atoms with Crippen LogP contribution >= 0.6 is 15.9 Å². The van der Waals surface area contributed by atoms with E-state index < -0.39 is 17.5 Å². The van der Waals surface area contributed by atoms with Gasteiger partial charge < -0.3 is 0 Å². The largest absolute Gasteiger partial charge is 0.204 e. The highest BCUT2D eigenvalue weighted by molar-refractivity contribution is 9.09. The molecule has 4 heteroatoms. The van der Waals surface area contributed by atoms with Crippen LogP contribution in [0.4, 0.5) is 13.2 Å². The Labute approximate surface area is 76.5 Å². The summed E-state index contributed by atoms with van der Waals surface area (Å²) in [6.07, 6.45) is 0. The molecule has 1 aromatic rings. The summed E-state index contributed by atoms with van der Waals surface area (Å²) in [5, 5.41) is 0. The van der Waals surface area contributed by atoms with Crippen LogP contribution in [0.25, 0.3) is 0 Å². The van der Waals surface area contributed by atoms with Crippen molar-refractivity contribution in [3.05, 3.63) is 35.1 Å². The first-order valence-corrected chi connectivity index (χ1v) is 4.22. The van der Waals surface area contributed by atoms with Gasteiger partial charge in [-0.3, -0.25) is 0 Å². The molecule has 0 nitrogen and oxygen atoms in total. The third-order valence-corrected chi connectivity index (χ3v) is 1.99. The van der Waals surface area contributed by atoms with E-state index >= 15 is 0 Å². The minimum Gasteiger partial charge on any atom is -0.204 e. The van der Waals surface area contributed by atoms with Crippen molar-refractivity contribution in [3.63, 3.8) is 0 Å². The van der Waals surface area contributed by atoms with Crippen LogP contribution in [-0.2, 0) is 0 Å². The predicted molar refractivity (Wildman–Crippen MR) is 43.7 cm³/mol. The lowest BCUT2D eigenvalue weighted by atomic mass is 10.1. The minimum atomic E-state index is -1.42. The van der Waals surface area contributed by atoms with E-state index in [2.05, 4.69) is 15.9 Å². The number of benzene rings is 1. The van der Waals surface area contributed by atoms with E-state index in [-0.39, 0.29) is 4.83 Å². The molecule has 0 radical (unpaired) electrons. The molecule has 0 amide bonds. The number of halogens is 4. The standard InChI is InChI=1S/C8H6BrF3/c1-4(9)5-2-6(10)8(12)7(11)3-5/h2-4H,1H3. The molecular weight excluding hydrogens is 233 g/mol. The van der Waals surface area contributed by atoms with Crippen LogP contribution in [0.2, 0.25) is 0 Å². The molecule has 0 heterocycles. The maximum Gasteiger partial charge on any atom is 0.194 e. The number of hydrogen-bond acceptors (Lipinski definition) is 0. The average Bonchev–Trinajstić information content (AvgIpc) is 1.99. The van der Waals surface area contributed by atoms with E-state index in [0.29, 0.717) is 5.56 Å². The summed E-state index contributed by atoms with van der Waals surface area (Å²) in [5.74, 6) is -3.74. The molecule has 0 fully saturated rings. The van der Waals surface area contributed by atoms with Crippen LogP contribution in [0.1, 0.15) is 17.3 Å². The lowest BCUT2D eigenvalue weighted by Gasteiger charge is -2.04. The van der Waals surface area contributed by atoms with Gasteiger partial charge in [-0.2, -0.15) is 0 Å². The van der Waals surface area contributed by atoms with Gasteiger partial charge in [0.2, 0.25) is 0 Å². The van der Waals surface area contributed by atoms with E-state index in [1.807, 2.05) is 0 Å². The van der Waals surface area contributed by atoms with Crippen LogP contribution in [-0.4, -0.2) is 0 Å². The third-order valence-electron chi connectivity index (χ3n) is 1.47. The maximum absolute atomic E-state index is 12.6. The quantitative estimate of drug-likeness (QED) is 0.519. The molecular formula is C8H6BrF3. The van der Waals surface area contributed by atoms with E-state index in [1.165, 1.54) is 0 Å². The highest BCUT2D eigenvalue weighted by atomic mass is 79.9. The van der Waals surface area contributed by atoms with Gasteiger partial charge in [0.25, 0.3) is 0 Å². The van der Waals surface area contributed by atoms with Gasteiger partial charge >= 0.3 is 0 Å². The second-order valence-electron chi connectivity index (χ2n) is 2.41. The van der Waals surface area contributed by atoms with Gasteiger partial charge in [0.1, 0.15) is 0 Å². The van der Waals surface area contributed by atoms with E-state index in [4.69, 9.17) is 0 Å². The molecule has 0 spiro atoms. The highest BCUT2D eigenvalue weighted by Gasteiger charge is 2.12. The lowest BCUT2D eigenvalue weighted by molar-refractivity contribution is 0.445. The zero-order chi connectivity index (χ0) is 9.30. The summed E-state index contributed by atoms with van der Waals surface area (Å²) >= 11 is 3.12. The van der Waals surface area contributed by atoms with Crippen molar-refractivity contribution >= 4 is 15.9 Å². The molecule has 0 aliphatic carbocycles. The second kappa shape index (κ2) is 3.47. The first kappa shape index (κ1) is 9.58. The van der Waals surface area contributed by atoms with Gasteiger partial charge in [-0.15, -0.1) is 0 Å². The molecule has 0 N–H and O–H groups in total. The highest BCUT2D eigenvalue weighted by Crippen LogP contribution is 2.24. The molecule has 0 aliphatic heterocycles. The monoisotopic (exact) mass is 238 g/mol.